The van der Waals surface area contributed by atoms with Gasteiger partial charge in [-0.2, -0.15) is 0 Å². The number of hydrogen-bond donors (Lipinski definition) is 1. The summed E-state index contributed by atoms with van der Waals surface area (Å²) in [7, 11) is 0. The molecule has 0 spiro atoms. The number of thiocarbonyl (C=S) groups is 1. The molecule has 1 aliphatic rings. The van der Waals surface area contributed by atoms with Gasteiger partial charge in [0.15, 0.2) is 10.9 Å². The molecule has 1 aliphatic heterocycles. The van der Waals surface area contributed by atoms with Gasteiger partial charge in [0, 0.05) is 0 Å². The summed E-state index contributed by atoms with van der Waals surface area (Å²) < 4.78 is 20.3. The van der Waals surface area contributed by atoms with Crippen LogP contribution in [0.15, 0.2) is 84.4 Å². The lowest BCUT2D eigenvalue weighted by Gasteiger charge is -2.29. The number of ether oxygens (including phenoxy) is 1. The van der Waals surface area contributed by atoms with Crippen LogP contribution in [0.1, 0.15) is 11.1 Å². The molecular formula is C28H17Cl2FN2O3S. The maximum atomic E-state index is 14.4. The number of hydrogen-bond acceptors (Lipinski definition) is 4. The third-order valence-corrected chi connectivity index (χ3v) is 6.57. The van der Waals surface area contributed by atoms with E-state index in [1.807, 2.05) is 42.5 Å². The summed E-state index contributed by atoms with van der Waals surface area (Å²) in [6.07, 6.45) is 1.32. The SMILES string of the molecule is O=C1NC(=S)N(c2ccccc2F)C(=O)/C1=C/c1cc(Cl)c(OCc2ccc3ccccc3c2)c(Cl)c1. The van der Waals surface area contributed by atoms with E-state index in [0.29, 0.717) is 5.56 Å². The number of nitrogens with one attached hydrogen (secondary N) is 1. The van der Waals surface area contributed by atoms with E-state index in [1.165, 1.54) is 36.4 Å². The zero-order valence-corrected chi connectivity index (χ0v) is 21.3. The Bertz CT molecular complexity index is 1600. The van der Waals surface area contributed by atoms with Crippen molar-refractivity contribution in [2.75, 3.05) is 4.90 Å². The average Bonchev–Trinajstić information content (AvgIpc) is 2.87. The van der Waals surface area contributed by atoms with Crippen LogP contribution in [-0.4, -0.2) is 16.9 Å². The van der Waals surface area contributed by atoms with Crippen LogP contribution >= 0.6 is 35.4 Å². The second-order valence-electron chi connectivity index (χ2n) is 8.19. The molecule has 1 fully saturated rings. The zero-order valence-electron chi connectivity index (χ0n) is 19.0. The standard InChI is InChI=1S/C28H17Cl2FN2O3S/c29-21-13-17(12-20-26(34)32-28(37)33(27(20)35)24-8-4-3-7-23(24)31)14-22(30)25(21)36-15-16-9-10-18-5-1-2-6-19(18)11-16/h1-14H,15H2,(H,32,34,37)/b20-12+. The summed E-state index contributed by atoms with van der Waals surface area (Å²) in [6.45, 7) is 0.237. The largest absolute Gasteiger partial charge is 0.486 e. The Balaban J connectivity index is 1.40. The minimum absolute atomic E-state index is 0.0723. The quantitative estimate of drug-likeness (QED) is 0.171. The Morgan fingerprint density at radius 1 is 0.919 bits per heavy atom. The summed E-state index contributed by atoms with van der Waals surface area (Å²) in [4.78, 5) is 26.6. The summed E-state index contributed by atoms with van der Waals surface area (Å²) in [5.74, 6) is -1.88. The van der Waals surface area contributed by atoms with E-state index >= 15 is 0 Å². The fraction of sp³-hybridized carbons (Fsp3) is 0.0357. The summed E-state index contributed by atoms with van der Waals surface area (Å²) in [6, 6.07) is 22.7. The van der Waals surface area contributed by atoms with Crippen LogP contribution in [0, 0.1) is 5.82 Å². The van der Waals surface area contributed by atoms with Crippen LogP contribution in [0.2, 0.25) is 10.0 Å². The third-order valence-electron chi connectivity index (χ3n) is 5.72. The number of rotatable bonds is 5. The third kappa shape index (κ3) is 5.06. The molecule has 1 saturated heterocycles. The van der Waals surface area contributed by atoms with E-state index in [-0.39, 0.29) is 38.8 Å². The molecule has 1 heterocycles. The van der Waals surface area contributed by atoms with Crippen molar-refractivity contribution in [2.45, 2.75) is 6.61 Å². The van der Waals surface area contributed by atoms with Crippen molar-refractivity contribution in [1.29, 1.82) is 0 Å². The normalized spacial score (nSPS) is 14.8. The fourth-order valence-corrected chi connectivity index (χ4v) is 4.85. The van der Waals surface area contributed by atoms with Crippen molar-refractivity contribution in [3.8, 4) is 5.75 Å². The van der Waals surface area contributed by atoms with Gasteiger partial charge in [-0.05, 0) is 70.5 Å². The lowest BCUT2D eigenvalue weighted by molar-refractivity contribution is -0.122. The molecular weight excluding hydrogens is 534 g/mol. The van der Waals surface area contributed by atoms with Crippen molar-refractivity contribution in [2.24, 2.45) is 0 Å². The number of amides is 2. The molecule has 5 rings (SSSR count). The number of para-hydroxylation sites is 1. The highest BCUT2D eigenvalue weighted by atomic mass is 35.5. The smallest absolute Gasteiger partial charge is 0.270 e. The van der Waals surface area contributed by atoms with Crippen LogP contribution in [0.25, 0.3) is 16.8 Å². The maximum absolute atomic E-state index is 14.4. The Hall–Kier alpha value is -3.78. The molecule has 4 aromatic carbocycles. The molecule has 0 aliphatic carbocycles. The first-order chi connectivity index (χ1) is 17.8. The number of benzene rings is 4. The van der Waals surface area contributed by atoms with Gasteiger partial charge in [0.2, 0.25) is 0 Å². The molecule has 0 radical (unpaired) electrons. The summed E-state index contributed by atoms with van der Waals surface area (Å²) >= 11 is 18.0. The van der Waals surface area contributed by atoms with Crippen molar-refractivity contribution < 1.29 is 18.7 Å². The average molecular weight is 551 g/mol. The van der Waals surface area contributed by atoms with Crippen LogP contribution in [0.5, 0.6) is 5.75 Å². The van der Waals surface area contributed by atoms with E-state index in [9.17, 15) is 14.0 Å². The summed E-state index contributed by atoms with van der Waals surface area (Å²) in [5.41, 5.74) is 0.990. The van der Waals surface area contributed by atoms with Gasteiger partial charge in [-0.1, -0.05) is 71.7 Å². The van der Waals surface area contributed by atoms with E-state index in [4.69, 9.17) is 40.2 Å². The lowest BCUT2D eigenvalue weighted by atomic mass is 10.1. The molecule has 0 unspecified atom stereocenters. The monoisotopic (exact) mass is 550 g/mol. The first-order valence-electron chi connectivity index (χ1n) is 11.1. The van der Waals surface area contributed by atoms with Crippen molar-refractivity contribution >= 4 is 74.9 Å². The first kappa shape index (κ1) is 24.9. The van der Waals surface area contributed by atoms with Gasteiger partial charge >= 0.3 is 0 Å². The number of anilines is 1. The minimum atomic E-state index is -0.775. The van der Waals surface area contributed by atoms with E-state index in [2.05, 4.69) is 5.32 Å². The molecule has 1 N–H and O–H groups in total. The molecule has 2 amide bonds. The van der Waals surface area contributed by atoms with Gasteiger partial charge < -0.3 is 4.74 Å². The van der Waals surface area contributed by atoms with Gasteiger partial charge in [-0.25, -0.2) is 9.29 Å². The van der Waals surface area contributed by atoms with Crippen molar-refractivity contribution in [3.63, 3.8) is 0 Å². The molecule has 37 heavy (non-hydrogen) atoms. The highest BCUT2D eigenvalue weighted by molar-refractivity contribution is 7.80. The minimum Gasteiger partial charge on any atom is -0.486 e. The molecule has 5 nitrogen and oxygen atoms in total. The van der Waals surface area contributed by atoms with Gasteiger partial charge in [0.1, 0.15) is 18.0 Å². The molecule has 0 aromatic heterocycles. The maximum Gasteiger partial charge on any atom is 0.270 e. The van der Waals surface area contributed by atoms with Crippen LogP contribution in [0.3, 0.4) is 0 Å². The Morgan fingerprint density at radius 3 is 2.32 bits per heavy atom. The summed E-state index contributed by atoms with van der Waals surface area (Å²) in [5, 5.41) is 4.81. The number of carbonyl (C=O) groups excluding carboxylic acids is 2. The molecule has 0 bridgehead atoms. The highest BCUT2D eigenvalue weighted by Crippen LogP contribution is 2.36. The predicted molar refractivity (Wildman–Crippen MR) is 147 cm³/mol. The molecule has 4 aromatic rings. The van der Waals surface area contributed by atoms with Crippen LogP contribution in [0.4, 0.5) is 10.1 Å². The number of fused-ring (bicyclic) bond motifs is 1. The zero-order chi connectivity index (χ0) is 26.1. The van der Waals surface area contributed by atoms with Gasteiger partial charge in [-0.3, -0.25) is 14.9 Å². The Kier molecular flexibility index (Phi) is 6.93. The number of nitrogens with zero attached hydrogens (tertiary/aromatic N) is 1. The molecule has 0 atom stereocenters. The molecule has 9 heteroatoms. The highest BCUT2D eigenvalue weighted by Gasteiger charge is 2.35. The Labute approximate surface area is 227 Å². The van der Waals surface area contributed by atoms with E-state index in [0.717, 1.165) is 21.2 Å². The van der Waals surface area contributed by atoms with Gasteiger partial charge in [0.25, 0.3) is 11.8 Å². The second-order valence-corrected chi connectivity index (χ2v) is 9.39. The number of halogens is 3. The molecule has 184 valence electrons. The van der Waals surface area contributed by atoms with E-state index < -0.39 is 17.6 Å². The first-order valence-corrected chi connectivity index (χ1v) is 12.2. The predicted octanol–water partition coefficient (Wildman–Crippen LogP) is 6.70. The van der Waals surface area contributed by atoms with Gasteiger partial charge in [0.05, 0.1) is 15.7 Å². The van der Waals surface area contributed by atoms with Crippen LogP contribution < -0.4 is 15.0 Å². The van der Waals surface area contributed by atoms with Crippen molar-refractivity contribution in [3.05, 3.63) is 111 Å². The lowest BCUT2D eigenvalue weighted by Crippen LogP contribution is -2.54. The van der Waals surface area contributed by atoms with Gasteiger partial charge in [-0.15, -0.1) is 0 Å². The van der Waals surface area contributed by atoms with Crippen molar-refractivity contribution in [1.82, 2.24) is 5.32 Å². The molecule has 0 saturated carbocycles. The van der Waals surface area contributed by atoms with E-state index in [1.54, 1.807) is 6.07 Å². The topological polar surface area (TPSA) is 58.6 Å². The van der Waals surface area contributed by atoms with Crippen LogP contribution in [-0.2, 0) is 16.2 Å². The number of carbonyl (C=O) groups is 2. The second kappa shape index (κ2) is 10.3. The Morgan fingerprint density at radius 2 is 1.59 bits per heavy atom. The fourth-order valence-electron chi connectivity index (χ4n) is 3.96.